The lowest BCUT2D eigenvalue weighted by Crippen LogP contribution is -2.46. The SMILES string of the molecule is CCN(C(=O)c1cccc(F)n1)C1COCC1C(=O)O. The van der Waals surface area contributed by atoms with E-state index in [2.05, 4.69) is 4.98 Å². The fourth-order valence-corrected chi connectivity index (χ4v) is 2.29. The third kappa shape index (κ3) is 2.77. The summed E-state index contributed by atoms with van der Waals surface area (Å²) in [5.41, 5.74) is -0.0390. The van der Waals surface area contributed by atoms with Crippen molar-refractivity contribution >= 4 is 11.9 Å². The number of carbonyl (C=O) groups excluding carboxylic acids is 1. The quantitative estimate of drug-likeness (QED) is 0.826. The van der Waals surface area contributed by atoms with Crippen LogP contribution in [0.15, 0.2) is 18.2 Å². The Kier molecular flexibility index (Phi) is 4.29. The molecule has 1 fully saturated rings. The van der Waals surface area contributed by atoms with Gasteiger partial charge in [0, 0.05) is 6.54 Å². The molecule has 1 aliphatic rings. The third-order valence-corrected chi connectivity index (χ3v) is 3.30. The van der Waals surface area contributed by atoms with Gasteiger partial charge in [0.15, 0.2) is 0 Å². The van der Waals surface area contributed by atoms with Crippen LogP contribution >= 0.6 is 0 Å². The Morgan fingerprint density at radius 1 is 1.50 bits per heavy atom. The summed E-state index contributed by atoms with van der Waals surface area (Å²) in [6.45, 7) is 2.26. The molecule has 0 radical (unpaired) electrons. The van der Waals surface area contributed by atoms with Gasteiger partial charge in [-0.1, -0.05) is 6.07 Å². The summed E-state index contributed by atoms with van der Waals surface area (Å²) >= 11 is 0. The van der Waals surface area contributed by atoms with Gasteiger partial charge in [-0.05, 0) is 19.1 Å². The lowest BCUT2D eigenvalue weighted by atomic mass is 10.0. The first-order valence-corrected chi connectivity index (χ1v) is 6.28. The van der Waals surface area contributed by atoms with E-state index in [0.29, 0.717) is 6.54 Å². The number of ether oxygens (including phenoxy) is 1. The lowest BCUT2D eigenvalue weighted by molar-refractivity contribution is -0.142. The number of aliphatic carboxylic acids is 1. The Balaban J connectivity index is 2.23. The van der Waals surface area contributed by atoms with Crippen molar-refractivity contribution in [3.05, 3.63) is 29.8 Å². The van der Waals surface area contributed by atoms with Crippen molar-refractivity contribution in [2.75, 3.05) is 19.8 Å². The summed E-state index contributed by atoms with van der Waals surface area (Å²) in [4.78, 5) is 28.4. The molecule has 2 rings (SSSR count). The van der Waals surface area contributed by atoms with Gasteiger partial charge in [0.2, 0.25) is 5.95 Å². The van der Waals surface area contributed by atoms with Crippen LogP contribution in [0.5, 0.6) is 0 Å². The van der Waals surface area contributed by atoms with Gasteiger partial charge in [-0.25, -0.2) is 4.98 Å². The maximum Gasteiger partial charge on any atom is 0.311 e. The lowest BCUT2D eigenvalue weighted by Gasteiger charge is -2.28. The second-order valence-electron chi connectivity index (χ2n) is 4.49. The minimum Gasteiger partial charge on any atom is -0.481 e. The number of halogens is 1. The highest BCUT2D eigenvalue weighted by Crippen LogP contribution is 2.21. The van der Waals surface area contributed by atoms with Crippen LogP contribution in [0.25, 0.3) is 0 Å². The van der Waals surface area contributed by atoms with Crippen molar-refractivity contribution in [1.29, 1.82) is 0 Å². The Morgan fingerprint density at radius 2 is 2.25 bits per heavy atom. The van der Waals surface area contributed by atoms with Crippen LogP contribution in [0, 0.1) is 11.9 Å². The molecule has 2 unspecified atom stereocenters. The Labute approximate surface area is 115 Å². The third-order valence-electron chi connectivity index (χ3n) is 3.30. The first kappa shape index (κ1) is 14.4. The molecule has 1 amide bonds. The number of carbonyl (C=O) groups is 2. The first-order valence-electron chi connectivity index (χ1n) is 6.28. The Bertz CT molecular complexity index is 523. The topological polar surface area (TPSA) is 79.7 Å². The molecule has 1 aromatic rings. The molecular weight excluding hydrogens is 267 g/mol. The number of carboxylic acid groups (broad SMARTS) is 1. The molecule has 1 saturated heterocycles. The van der Waals surface area contributed by atoms with Crippen molar-refractivity contribution in [2.24, 2.45) is 5.92 Å². The molecule has 0 spiro atoms. The molecule has 0 saturated carbocycles. The largest absolute Gasteiger partial charge is 0.481 e. The van der Waals surface area contributed by atoms with Gasteiger partial charge in [-0.2, -0.15) is 4.39 Å². The molecule has 6 nitrogen and oxygen atoms in total. The highest BCUT2D eigenvalue weighted by Gasteiger charge is 2.39. The molecule has 7 heteroatoms. The van der Waals surface area contributed by atoms with E-state index in [9.17, 15) is 14.0 Å². The molecule has 0 aromatic carbocycles. The first-order chi connectivity index (χ1) is 9.54. The van der Waals surface area contributed by atoms with Gasteiger partial charge >= 0.3 is 5.97 Å². The highest BCUT2D eigenvalue weighted by atomic mass is 19.1. The molecule has 2 atom stereocenters. The van der Waals surface area contributed by atoms with E-state index >= 15 is 0 Å². The summed E-state index contributed by atoms with van der Waals surface area (Å²) in [5, 5.41) is 9.13. The fourth-order valence-electron chi connectivity index (χ4n) is 2.29. The summed E-state index contributed by atoms with van der Waals surface area (Å²) in [6, 6.07) is 3.38. The van der Waals surface area contributed by atoms with Crippen molar-refractivity contribution in [3.8, 4) is 0 Å². The van der Waals surface area contributed by atoms with Crippen molar-refractivity contribution in [1.82, 2.24) is 9.88 Å². The van der Waals surface area contributed by atoms with Crippen LogP contribution in [-0.2, 0) is 9.53 Å². The van der Waals surface area contributed by atoms with E-state index in [1.807, 2.05) is 0 Å². The molecule has 1 N–H and O–H groups in total. The highest BCUT2D eigenvalue weighted by molar-refractivity contribution is 5.93. The van der Waals surface area contributed by atoms with Gasteiger partial charge in [-0.15, -0.1) is 0 Å². The van der Waals surface area contributed by atoms with E-state index < -0.39 is 29.8 Å². The summed E-state index contributed by atoms with van der Waals surface area (Å²) in [5.74, 6) is -3.02. The number of carboxylic acids is 1. The zero-order chi connectivity index (χ0) is 14.7. The zero-order valence-electron chi connectivity index (χ0n) is 11.0. The van der Waals surface area contributed by atoms with Gasteiger partial charge < -0.3 is 14.7 Å². The van der Waals surface area contributed by atoms with Crippen LogP contribution in [0.3, 0.4) is 0 Å². The van der Waals surface area contributed by atoms with Crippen LogP contribution in [0.4, 0.5) is 4.39 Å². The molecule has 0 aliphatic carbocycles. The normalized spacial score (nSPS) is 21.7. The number of likely N-dealkylation sites (N-methyl/N-ethyl adjacent to an activating group) is 1. The van der Waals surface area contributed by atoms with Gasteiger partial charge in [0.05, 0.1) is 19.3 Å². The smallest absolute Gasteiger partial charge is 0.311 e. The average molecular weight is 282 g/mol. The fraction of sp³-hybridized carbons (Fsp3) is 0.462. The molecule has 1 aliphatic heterocycles. The molecule has 1 aromatic heterocycles. The van der Waals surface area contributed by atoms with E-state index in [1.54, 1.807) is 6.92 Å². The summed E-state index contributed by atoms with van der Waals surface area (Å²) < 4.78 is 18.2. The number of pyridine rings is 1. The predicted octanol–water partition coefficient (Wildman–Crippen LogP) is 0.782. The number of hydrogen-bond donors (Lipinski definition) is 1. The number of aromatic nitrogens is 1. The molecule has 2 heterocycles. The van der Waals surface area contributed by atoms with Crippen LogP contribution in [-0.4, -0.2) is 52.7 Å². The Morgan fingerprint density at radius 3 is 2.85 bits per heavy atom. The second-order valence-corrected chi connectivity index (χ2v) is 4.49. The Hall–Kier alpha value is -2.02. The molecule has 108 valence electrons. The molecule has 0 bridgehead atoms. The second kappa shape index (κ2) is 5.96. The number of nitrogens with zero attached hydrogens (tertiary/aromatic N) is 2. The van der Waals surface area contributed by atoms with Crippen molar-refractivity contribution < 1.29 is 23.8 Å². The number of amides is 1. The van der Waals surface area contributed by atoms with Crippen LogP contribution in [0.1, 0.15) is 17.4 Å². The summed E-state index contributed by atoms with van der Waals surface area (Å²) in [6.07, 6.45) is 0. The number of hydrogen-bond acceptors (Lipinski definition) is 4. The average Bonchev–Trinajstić information content (AvgIpc) is 2.89. The maximum atomic E-state index is 13.1. The van der Waals surface area contributed by atoms with E-state index in [4.69, 9.17) is 9.84 Å². The summed E-state index contributed by atoms with van der Waals surface area (Å²) in [7, 11) is 0. The minimum absolute atomic E-state index is 0.0390. The van der Waals surface area contributed by atoms with Crippen molar-refractivity contribution in [3.63, 3.8) is 0 Å². The monoisotopic (exact) mass is 282 g/mol. The van der Waals surface area contributed by atoms with E-state index in [0.717, 1.165) is 6.07 Å². The van der Waals surface area contributed by atoms with E-state index in [1.165, 1.54) is 17.0 Å². The minimum atomic E-state index is -1.01. The predicted molar refractivity (Wildman–Crippen MR) is 66.6 cm³/mol. The number of rotatable bonds is 4. The van der Waals surface area contributed by atoms with E-state index in [-0.39, 0.29) is 18.9 Å². The molecular formula is C13H15FN2O4. The van der Waals surface area contributed by atoms with Gasteiger partial charge in [0.25, 0.3) is 5.91 Å². The van der Waals surface area contributed by atoms with Gasteiger partial charge in [0.1, 0.15) is 11.6 Å². The van der Waals surface area contributed by atoms with Crippen LogP contribution in [0.2, 0.25) is 0 Å². The zero-order valence-corrected chi connectivity index (χ0v) is 11.0. The van der Waals surface area contributed by atoms with Crippen molar-refractivity contribution in [2.45, 2.75) is 13.0 Å². The maximum absolute atomic E-state index is 13.1. The van der Waals surface area contributed by atoms with Gasteiger partial charge in [-0.3, -0.25) is 9.59 Å². The molecule has 20 heavy (non-hydrogen) atoms. The van der Waals surface area contributed by atoms with Crippen LogP contribution < -0.4 is 0 Å². The standard InChI is InChI=1S/C13H15FN2O4/c1-2-16(10-7-20-6-8(10)13(18)19)12(17)9-4-3-5-11(14)15-9/h3-5,8,10H,2,6-7H2,1H3,(H,18,19).